The average Bonchev–Trinajstić information content (AvgIpc) is 3.44. The van der Waals surface area contributed by atoms with Gasteiger partial charge in [-0.1, -0.05) is 6.07 Å². The first-order valence-electron chi connectivity index (χ1n) is 10.0. The zero-order valence-corrected chi connectivity index (χ0v) is 17.7. The van der Waals surface area contributed by atoms with Crippen molar-refractivity contribution in [1.82, 2.24) is 25.4 Å². The van der Waals surface area contributed by atoms with Gasteiger partial charge in [-0.25, -0.2) is 14.1 Å². The normalized spacial score (nSPS) is 13.0. The number of hydrogen-bond acceptors (Lipinski definition) is 6. The number of nitrogens with two attached hydrogens (primary N) is 1. The van der Waals surface area contributed by atoms with Gasteiger partial charge in [-0.15, -0.1) is 11.3 Å². The molecule has 0 atom stereocenters. The number of benzene rings is 1. The maximum atomic E-state index is 14.7. The number of rotatable bonds is 5. The minimum Gasteiger partial charge on any atom is -0.397 e. The summed E-state index contributed by atoms with van der Waals surface area (Å²) < 4.78 is 16.5. The number of nitrogens with one attached hydrogen (secondary N) is 2. The van der Waals surface area contributed by atoms with Gasteiger partial charge in [-0.3, -0.25) is 4.79 Å². The number of carbonyl (C=O) groups excluding carboxylic acids is 1. The first kappa shape index (κ1) is 19.7. The molecule has 0 saturated heterocycles. The van der Waals surface area contributed by atoms with Crippen LogP contribution in [0.4, 0.5) is 10.1 Å². The van der Waals surface area contributed by atoms with E-state index in [0.29, 0.717) is 34.8 Å². The topological polar surface area (TPSA) is 97.9 Å². The molecule has 0 spiro atoms. The fourth-order valence-electron chi connectivity index (χ4n) is 3.80. The number of nitrogens with zero attached hydrogens (tertiary/aromatic N) is 3. The Labute approximate surface area is 182 Å². The highest BCUT2D eigenvalue weighted by Crippen LogP contribution is 2.32. The number of thiophene rings is 1. The van der Waals surface area contributed by atoms with E-state index in [0.717, 1.165) is 40.3 Å². The smallest absolute Gasteiger partial charge is 0.263 e. The van der Waals surface area contributed by atoms with Crippen LogP contribution in [0.1, 0.15) is 32.2 Å². The minimum absolute atomic E-state index is 0.269. The summed E-state index contributed by atoms with van der Waals surface area (Å²) in [6, 6.07) is 8.83. The zero-order valence-electron chi connectivity index (χ0n) is 16.9. The Kier molecular flexibility index (Phi) is 4.91. The molecule has 1 aliphatic heterocycles. The Bertz CT molecular complexity index is 1310. The molecule has 0 aliphatic carbocycles. The molecule has 0 radical (unpaired) electrons. The van der Waals surface area contributed by atoms with Crippen LogP contribution in [0.2, 0.25) is 0 Å². The monoisotopic (exact) mass is 436 g/mol. The van der Waals surface area contributed by atoms with E-state index in [1.54, 1.807) is 10.7 Å². The molecule has 4 aromatic rings. The maximum absolute atomic E-state index is 14.7. The molecular formula is C22H21FN6OS. The van der Waals surface area contributed by atoms with Gasteiger partial charge in [0.05, 0.1) is 23.3 Å². The fraction of sp³-hybridized carbons (Fsp3) is 0.227. The summed E-state index contributed by atoms with van der Waals surface area (Å²) in [4.78, 5) is 18.2. The highest BCUT2D eigenvalue weighted by Gasteiger charge is 2.19. The van der Waals surface area contributed by atoms with Crippen molar-refractivity contribution in [2.45, 2.75) is 26.4 Å². The highest BCUT2D eigenvalue weighted by molar-refractivity contribution is 7.21. The van der Waals surface area contributed by atoms with E-state index < -0.39 is 0 Å². The quantitative estimate of drug-likeness (QED) is 0.447. The van der Waals surface area contributed by atoms with Gasteiger partial charge < -0.3 is 16.4 Å². The Morgan fingerprint density at radius 3 is 3.03 bits per heavy atom. The number of aromatic nitrogens is 3. The number of nitrogen functional groups attached to an aromatic ring is 1. The highest BCUT2D eigenvalue weighted by atomic mass is 32.1. The molecule has 0 fully saturated rings. The van der Waals surface area contributed by atoms with Gasteiger partial charge in [0, 0.05) is 36.3 Å². The lowest BCUT2D eigenvalue weighted by atomic mass is 10.1. The van der Waals surface area contributed by atoms with E-state index >= 15 is 0 Å². The van der Waals surface area contributed by atoms with Gasteiger partial charge in [-0.05, 0) is 43.2 Å². The Morgan fingerprint density at radius 1 is 1.32 bits per heavy atom. The second-order valence-corrected chi connectivity index (χ2v) is 8.56. The first-order chi connectivity index (χ1) is 15.0. The maximum Gasteiger partial charge on any atom is 0.263 e. The van der Waals surface area contributed by atoms with Crippen molar-refractivity contribution in [3.05, 3.63) is 69.7 Å². The van der Waals surface area contributed by atoms with Crippen molar-refractivity contribution in [2.24, 2.45) is 0 Å². The summed E-state index contributed by atoms with van der Waals surface area (Å²) in [6.07, 6.45) is 2.19. The molecule has 0 saturated carbocycles. The Hall–Kier alpha value is -3.30. The predicted molar refractivity (Wildman–Crippen MR) is 119 cm³/mol. The molecule has 1 amide bonds. The van der Waals surface area contributed by atoms with Crippen LogP contribution in [0.15, 0.2) is 36.5 Å². The second-order valence-electron chi connectivity index (χ2n) is 7.56. The van der Waals surface area contributed by atoms with Crippen molar-refractivity contribution in [2.75, 3.05) is 12.3 Å². The molecule has 158 valence electrons. The SMILES string of the molecule is Cc1ccc2c(N)c(C(=O)NCCc3ccc(-n4ncc5c4CNC5)cc3F)sc2n1. The number of hydrogen-bond donors (Lipinski definition) is 3. The molecule has 3 aromatic heterocycles. The van der Waals surface area contributed by atoms with Gasteiger partial charge in [0.1, 0.15) is 15.5 Å². The van der Waals surface area contributed by atoms with Crippen molar-refractivity contribution >= 4 is 33.1 Å². The van der Waals surface area contributed by atoms with Crippen LogP contribution in [0.5, 0.6) is 0 Å². The van der Waals surface area contributed by atoms with Crippen molar-refractivity contribution in [1.29, 1.82) is 0 Å². The van der Waals surface area contributed by atoms with Crippen LogP contribution in [0.25, 0.3) is 15.9 Å². The molecule has 1 aromatic carbocycles. The van der Waals surface area contributed by atoms with E-state index in [2.05, 4.69) is 20.7 Å². The van der Waals surface area contributed by atoms with E-state index in [9.17, 15) is 9.18 Å². The van der Waals surface area contributed by atoms with Crippen LogP contribution in [0.3, 0.4) is 0 Å². The van der Waals surface area contributed by atoms with Crippen LogP contribution >= 0.6 is 11.3 Å². The molecule has 4 N–H and O–H groups in total. The number of aryl methyl sites for hydroxylation is 1. The van der Waals surface area contributed by atoms with Gasteiger partial charge >= 0.3 is 0 Å². The molecule has 7 nitrogen and oxygen atoms in total. The number of fused-ring (bicyclic) bond motifs is 2. The lowest BCUT2D eigenvalue weighted by Crippen LogP contribution is -2.25. The number of halogens is 1. The number of pyridine rings is 1. The number of anilines is 1. The third-order valence-corrected chi connectivity index (χ3v) is 6.58. The average molecular weight is 437 g/mol. The second kappa shape index (κ2) is 7.75. The molecule has 1 aliphatic rings. The summed E-state index contributed by atoms with van der Waals surface area (Å²) >= 11 is 1.27. The summed E-state index contributed by atoms with van der Waals surface area (Å²) in [6.45, 7) is 3.71. The summed E-state index contributed by atoms with van der Waals surface area (Å²) in [5.41, 5.74) is 10.9. The van der Waals surface area contributed by atoms with Gasteiger partial charge in [0.2, 0.25) is 0 Å². The van der Waals surface area contributed by atoms with Crippen LogP contribution < -0.4 is 16.4 Å². The number of amides is 1. The third kappa shape index (κ3) is 3.55. The molecule has 0 bridgehead atoms. The van der Waals surface area contributed by atoms with Crippen LogP contribution in [-0.4, -0.2) is 27.2 Å². The van der Waals surface area contributed by atoms with Crippen molar-refractivity contribution in [3.8, 4) is 5.69 Å². The van der Waals surface area contributed by atoms with Crippen LogP contribution in [0, 0.1) is 12.7 Å². The first-order valence-corrected chi connectivity index (χ1v) is 10.8. The van der Waals surface area contributed by atoms with E-state index in [-0.39, 0.29) is 11.7 Å². The van der Waals surface area contributed by atoms with Gasteiger partial charge in [-0.2, -0.15) is 5.10 Å². The molecule has 0 unspecified atom stereocenters. The van der Waals surface area contributed by atoms with Gasteiger partial charge in [0.25, 0.3) is 5.91 Å². The summed E-state index contributed by atoms with van der Waals surface area (Å²) in [5, 5.41) is 11.2. The Morgan fingerprint density at radius 2 is 2.19 bits per heavy atom. The van der Waals surface area contributed by atoms with Gasteiger partial charge in [0.15, 0.2) is 0 Å². The summed E-state index contributed by atoms with van der Waals surface area (Å²) in [7, 11) is 0. The zero-order chi connectivity index (χ0) is 21.5. The molecule has 31 heavy (non-hydrogen) atoms. The largest absolute Gasteiger partial charge is 0.397 e. The summed E-state index contributed by atoms with van der Waals surface area (Å²) in [5.74, 6) is -0.585. The Balaban J connectivity index is 1.26. The van der Waals surface area contributed by atoms with Crippen molar-refractivity contribution < 1.29 is 9.18 Å². The lowest BCUT2D eigenvalue weighted by molar-refractivity contribution is 0.0959. The molecule has 4 heterocycles. The molecule has 5 rings (SSSR count). The number of carbonyl (C=O) groups is 1. The van der Waals surface area contributed by atoms with E-state index in [1.165, 1.54) is 17.4 Å². The van der Waals surface area contributed by atoms with E-state index in [4.69, 9.17) is 5.73 Å². The van der Waals surface area contributed by atoms with E-state index in [1.807, 2.05) is 31.3 Å². The standard InChI is InChI=1S/C22H21FN6OS/c1-12-2-5-16-19(24)20(31-22(16)28-12)21(30)26-7-6-13-3-4-15(8-17(13)23)29-18-11-25-9-14(18)10-27-29/h2-5,8,10,25H,6-7,9,11,24H2,1H3,(H,26,30). The predicted octanol–water partition coefficient (Wildman–Crippen LogP) is 3.09. The molecule has 9 heteroatoms. The fourth-order valence-corrected chi connectivity index (χ4v) is 4.86. The van der Waals surface area contributed by atoms with Crippen molar-refractivity contribution in [3.63, 3.8) is 0 Å². The molecular weight excluding hydrogens is 415 g/mol. The lowest BCUT2D eigenvalue weighted by Gasteiger charge is -2.09. The third-order valence-electron chi connectivity index (χ3n) is 5.46. The van der Waals surface area contributed by atoms with Crippen LogP contribution in [-0.2, 0) is 19.5 Å². The minimum atomic E-state index is -0.317.